The molecule has 0 radical (unpaired) electrons. The molecular weight excluding hydrogens is 422 g/mol. The van der Waals surface area contributed by atoms with E-state index in [1.54, 1.807) is 31.2 Å². The average Bonchev–Trinajstić information content (AvgIpc) is 2.63. The van der Waals surface area contributed by atoms with Gasteiger partial charge in [0.25, 0.3) is 5.91 Å². The van der Waals surface area contributed by atoms with Crippen molar-refractivity contribution < 1.29 is 24.3 Å². The second kappa shape index (κ2) is 9.53. The number of nitrogens with zero attached hydrogens (tertiary/aromatic N) is 2. The molecule has 0 fully saturated rings. The summed E-state index contributed by atoms with van der Waals surface area (Å²) in [6.07, 6.45) is 1.25. The summed E-state index contributed by atoms with van der Waals surface area (Å²) < 4.78 is 10.9. The number of halogens is 1. The number of phenolic OH excluding ortho intramolecular Hbond substituents is 1. The Hall–Kier alpha value is -3.14. The first kappa shape index (κ1) is 20.2. The number of phenols is 1. The molecule has 0 heterocycles. The van der Waals surface area contributed by atoms with Crippen molar-refractivity contribution >= 4 is 33.7 Å². The number of carbonyl (C=O) groups excluding carboxylic acids is 1. The molecule has 9 nitrogen and oxygen atoms in total. The summed E-state index contributed by atoms with van der Waals surface area (Å²) >= 11 is 3.13. The van der Waals surface area contributed by atoms with Crippen molar-refractivity contribution in [3.8, 4) is 17.2 Å². The minimum Gasteiger partial charge on any atom is -0.504 e. The van der Waals surface area contributed by atoms with Gasteiger partial charge in [0.15, 0.2) is 23.9 Å². The Labute approximate surface area is 162 Å². The van der Waals surface area contributed by atoms with E-state index in [4.69, 9.17) is 9.47 Å². The fourth-order valence-electron chi connectivity index (χ4n) is 2.02. The summed E-state index contributed by atoms with van der Waals surface area (Å²) in [7, 11) is 0. The highest BCUT2D eigenvalue weighted by molar-refractivity contribution is 9.10. The van der Waals surface area contributed by atoms with Crippen LogP contribution in [-0.2, 0) is 4.79 Å². The van der Waals surface area contributed by atoms with Crippen molar-refractivity contribution in [2.75, 3.05) is 13.2 Å². The van der Waals surface area contributed by atoms with Gasteiger partial charge in [0.2, 0.25) is 0 Å². The minimum absolute atomic E-state index is 0.0376. The van der Waals surface area contributed by atoms with Crippen LogP contribution in [0.5, 0.6) is 17.2 Å². The molecule has 0 aliphatic heterocycles. The van der Waals surface area contributed by atoms with E-state index in [9.17, 15) is 20.0 Å². The van der Waals surface area contributed by atoms with Crippen LogP contribution in [0.25, 0.3) is 0 Å². The van der Waals surface area contributed by atoms with E-state index < -0.39 is 17.4 Å². The van der Waals surface area contributed by atoms with Crippen molar-refractivity contribution in [3.63, 3.8) is 0 Å². The van der Waals surface area contributed by atoms with Crippen LogP contribution in [0.4, 0.5) is 5.69 Å². The third-order valence-corrected chi connectivity index (χ3v) is 3.69. The molecular formula is C17H16BrN3O6. The van der Waals surface area contributed by atoms with Gasteiger partial charge in [-0.3, -0.25) is 14.9 Å². The molecule has 0 bridgehead atoms. The number of aromatic hydroxyl groups is 1. The number of nitro benzene ring substituents is 1. The van der Waals surface area contributed by atoms with E-state index in [2.05, 4.69) is 26.5 Å². The third kappa shape index (κ3) is 5.68. The van der Waals surface area contributed by atoms with Gasteiger partial charge in [-0.1, -0.05) is 22.0 Å². The Morgan fingerprint density at radius 1 is 1.33 bits per heavy atom. The van der Waals surface area contributed by atoms with Crippen LogP contribution in [0, 0.1) is 10.1 Å². The zero-order valence-corrected chi connectivity index (χ0v) is 15.8. The number of amides is 1. The molecule has 0 aliphatic rings. The minimum atomic E-state index is -0.621. The lowest BCUT2D eigenvalue weighted by Gasteiger charge is -2.07. The predicted molar refractivity (Wildman–Crippen MR) is 101 cm³/mol. The normalized spacial score (nSPS) is 10.6. The summed E-state index contributed by atoms with van der Waals surface area (Å²) in [4.78, 5) is 22.2. The van der Waals surface area contributed by atoms with E-state index in [1.165, 1.54) is 18.3 Å². The first-order valence-electron chi connectivity index (χ1n) is 7.75. The highest BCUT2D eigenvalue weighted by Crippen LogP contribution is 2.30. The van der Waals surface area contributed by atoms with Gasteiger partial charge < -0.3 is 14.6 Å². The summed E-state index contributed by atoms with van der Waals surface area (Å²) in [5.74, 6) is -0.453. The van der Waals surface area contributed by atoms with E-state index in [0.29, 0.717) is 22.4 Å². The molecule has 0 spiro atoms. The summed E-state index contributed by atoms with van der Waals surface area (Å²) in [5.41, 5.74) is 2.30. The zero-order valence-electron chi connectivity index (χ0n) is 14.2. The van der Waals surface area contributed by atoms with Crippen LogP contribution in [-0.4, -0.2) is 35.4 Å². The van der Waals surface area contributed by atoms with Crippen LogP contribution in [0.15, 0.2) is 46.0 Å². The van der Waals surface area contributed by atoms with Gasteiger partial charge in [0.1, 0.15) is 0 Å². The second-order valence-corrected chi connectivity index (χ2v) is 5.99. The molecule has 142 valence electrons. The number of hydrogen-bond acceptors (Lipinski definition) is 7. The van der Waals surface area contributed by atoms with Crippen molar-refractivity contribution in [1.82, 2.24) is 5.43 Å². The molecule has 2 N–H and O–H groups in total. The Kier molecular flexibility index (Phi) is 7.12. The first-order valence-corrected chi connectivity index (χ1v) is 8.55. The standard InChI is InChI=1S/C17H16BrN3O6/c1-2-26-15-5-3-4-11(17(15)23)9-19-20-16(22)10-27-14-7-6-12(18)8-13(14)21(24)25/h3-9,23H,2,10H2,1H3,(H,20,22)/b19-9+. The molecule has 0 aliphatic carbocycles. The van der Waals surface area contributed by atoms with Gasteiger partial charge in [-0.25, -0.2) is 5.43 Å². The van der Waals surface area contributed by atoms with Gasteiger partial charge in [0, 0.05) is 16.1 Å². The lowest BCUT2D eigenvalue weighted by atomic mass is 10.2. The fraction of sp³-hybridized carbons (Fsp3) is 0.176. The number of rotatable bonds is 8. The van der Waals surface area contributed by atoms with E-state index in [1.807, 2.05) is 0 Å². The van der Waals surface area contributed by atoms with Crippen LogP contribution < -0.4 is 14.9 Å². The highest BCUT2D eigenvalue weighted by Gasteiger charge is 2.16. The highest BCUT2D eigenvalue weighted by atomic mass is 79.9. The van der Waals surface area contributed by atoms with Gasteiger partial charge in [-0.05, 0) is 31.2 Å². The summed E-state index contributed by atoms with van der Waals surface area (Å²) in [5, 5.41) is 24.7. The van der Waals surface area contributed by atoms with Crippen LogP contribution in [0.1, 0.15) is 12.5 Å². The van der Waals surface area contributed by atoms with Crippen LogP contribution >= 0.6 is 15.9 Å². The molecule has 0 saturated carbocycles. The Bertz CT molecular complexity index is 872. The predicted octanol–water partition coefficient (Wildman–Crippen LogP) is 2.99. The number of hydrogen-bond donors (Lipinski definition) is 2. The molecule has 0 atom stereocenters. The quantitative estimate of drug-likeness (QED) is 0.371. The van der Waals surface area contributed by atoms with Crippen molar-refractivity contribution in [2.24, 2.45) is 5.10 Å². The Morgan fingerprint density at radius 3 is 2.81 bits per heavy atom. The van der Waals surface area contributed by atoms with Crippen molar-refractivity contribution in [1.29, 1.82) is 0 Å². The van der Waals surface area contributed by atoms with Gasteiger partial charge in [0.05, 0.1) is 17.7 Å². The third-order valence-electron chi connectivity index (χ3n) is 3.20. The maximum absolute atomic E-state index is 11.8. The maximum atomic E-state index is 11.8. The molecule has 27 heavy (non-hydrogen) atoms. The van der Waals surface area contributed by atoms with E-state index in [-0.39, 0.29) is 17.2 Å². The number of hydrazone groups is 1. The summed E-state index contributed by atoms with van der Waals surface area (Å²) in [6, 6.07) is 9.09. The SMILES string of the molecule is CCOc1cccc(/C=N/NC(=O)COc2ccc(Br)cc2[N+](=O)[O-])c1O. The number of nitro groups is 1. The zero-order chi connectivity index (χ0) is 19.8. The molecule has 0 aromatic heterocycles. The number of para-hydroxylation sites is 1. The van der Waals surface area contributed by atoms with E-state index in [0.717, 1.165) is 0 Å². The molecule has 0 unspecified atom stereocenters. The molecule has 1 amide bonds. The summed E-state index contributed by atoms with van der Waals surface area (Å²) in [6.45, 7) is 1.71. The van der Waals surface area contributed by atoms with Gasteiger partial charge >= 0.3 is 5.69 Å². The van der Waals surface area contributed by atoms with Gasteiger partial charge in [-0.2, -0.15) is 5.10 Å². The van der Waals surface area contributed by atoms with E-state index >= 15 is 0 Å². The lowest BCUT2D eigenvalue weighted by molar-refractivity contribution is -0.385. The number of benzene rings is 2. The monoisotopic (exact) mass is 437 g/mol. The molecule has 2 aromatic carbocycles. The van der Waals surface area contributed by atoms with Gasteiger partial charge in [-0.15, -0.1) is 0 Å². The molecule has 2 rings (SSSR count). The number of carbonyl (C=O) groups is 1. The molecule has 2 aromatic rings. The molecule has 10 heteroatoms. The fourth-order valence-corrected chi connectivity index (χ4v) is 2.37. The average molecular weight is 438 g/mol. The topological polar surface area (TPSA) is 123 Å². The largest absolute Gasteiger partial charge is 0.504 e. The van der Waals surface area contributed by atoms with Crippen molar-refractivity contribution in [2.45, 2.75) is 6.92 Å². The van der Waals surface area contributed by atoms with Crippen LogP contribution in [0.2, 0.25) is 0 Å². The number of nitrogens with one attached hydrogen (secondary N) is 1. The van der Waals surface area contributed by atoms with Crippen molar-refractivity contribution in [3.05, 3.63) is 56.5 Å². The lowest BCUT2D eigenvalue weighted by Crippen LogP contribution is -2.24. The molecule has 0 saturated heterocycles. The maximum Gasteiger partial charge on any atom is 0.312 e. The second-order valence-electron chi connectivity index (χ2n) is 5.08. The smallest absolute Gasteiger partial charge is 0.312 e. The first-order chi connectivity index (χ1) is 12.9. The Balaban J connectivity index is 1.95. The number of ether oxygens (including phenoxy) is 2. The Morgan fingerprint density at radius 2 is 2.11 bits per heavy atom. The van der Waals surface area contributed by atoms with Crippen LogP contribution in [0.3, 0.4) is 0 Å².